The number of carbonyl (C=O) groups excluding carboxylic acids is 2. The first-order chi connectivity index (χ1) is 18.6. The van der Waals surface area contributed by atoms with Crippen molar-refractivity contribution in [1.82, 2.24) is 15.2 Å². The SMILES string of the molecule is COc1ccc(C2NC(Cc3c[nH]c4ccccc34)(C(=O)O)C3C(=O)N(C(C)(C)C)C(=O)C23)c2ccccc12. The fraction of sp³-hybridized carbons (Fsp3) is 0.323. The van der Waals surface area contributed by atoms with Crippen molar-refractivity contribution in [3.63, 3.8) is 0 Å². The molecule has 0 aliphatic carbocycles. The molecule has 2 fully saturated rings. The van der Waals surface area contributed by atoms with Crippen LogP contribution in [-0.2, 0) is 20.8 Å². The highest BCUT2D eigenvalue weighted by Crippen LogP contribution is 2.53. The fourth-order valence-corrected chi connectivity index (χ4v) is 6.69. The molecule has 0 spiro atoms. The molecule has 3 heterocycles. The number of rotatable bonds is 5. The molecule has 0 bridgehead atoms. The lowest BCUT2D eigenvalue weighted by molar-refractivity contribution is -0.153. The lowest BCUT2D eigenvalue weighted by Gasteiger charge is -2.35. The van der Waals surface area contributed by atoms with Gasteiger partial charge in [0, 0.05) is 40.5 Å². The minimum atomic E-state index is -1.70. The Balaban J connectivity index is 1.57. The predicted octanol–water partition coefficient (Wildman–Crippen LogP) is 4.44. The second-order valence-electron chi connectivity index (χ2n) is 11.5. The van der Waals surface area contributed by atoms with E-state index in [1.54, 1.807) is 34.1 Å². The summed E-state index contributed by atoms with van der Waals surface area (Å²) in [6.45, 7) is 5.41. The van der Waals surface area contributed by atoms with Crippen molar-refractivity contribution in [3.05, 3.63) is 78.0 Å². The number of imide groups is 1. The summed E-state index contributed by atoms with van der Waals surface area (Å²) in [7, 11) is 1.60. The van der Waals surface area contributed by atoms with Crippen molar-refractivity contribution in [2.75, 3.05) is 7.11 Å². The lowest BCUT2D eigenvalue weighted by atomic mass is 9.76. The summed E-state index contributed by atoms with van der Waals surface area (Å²) in [6.07, 6.45) is 1.83. The minimum absolute atomic E-state index is 0.0368. The molecule has 1 aromatic heterocycles. The van der Waals surface area contributed by atoms with Crippen molar-refractivity contribution in [3.8, 4) is 5.75 Å². The van der Waals surface area contributed by atoms with Crippen molar-refractivity contribution < 1.29 is 24.2 Å². The second-order valence-corrected chi connectivity index (χ2v) is 11.5. The monoisotopic (exact) mass is 525 g/mol. The van der Waals surface area contributed by atoms with Crippen LogP contribution in [0, 0.1) is 11.8 Å². The number of nitrogens with zero attached hydrogens (tertiary/aromatic N) is 1. The first kappa shape index (κ1) is 25.1. The number of likely N-dealkylation sites (tertiary alicyclic amines) is 1. The number of aromatic amines is 1. The lowest BCUT2D eigenvalue weighted by Crippen LogP contribution is -2.58. The number of fused-ring (bicyclic) bond motifs is 3. The molecule has 4 aromatic rings. The Morgan fingerprint density at radius 2 is 1.64 bits per heavy atom. The third kappa shape index (κ3) is 3.58. The van der Waals surface area contributed by atoms with E-state index >= 15 is 0 Å². The Hall–Kier alpha value is -4.17. The number of H-pyrrole nitrogens is 1. The third-order valence-corrected chi connectivity index (χ3v) is 8.32. The maximum Gasteiger partial charge on any atom is 0.325 e. The van der Waals surface area contributed by atoms with Gasteiger partial charge in [-0.05, 0) is 49.4 Å². The van der Waals surface area contributed by atoms with Gasteiger partial charge in [0.15, 0.2) is 0 Å². The van der Waals surface area contributed by atoms with Crippen molar-refractivity contribution in [2.24, 2.45) is 11.8 Å². The van der Waals surface area contributed by atoms with Gasteiger partial charge < -0.3 is 14.8 Å². The molecule has 8 heteroatoms. The molecule has 0 saturated carbocycles. The van der Waals surface area contributed by atoms with Crippen LogP contribution in [0.3, 0.4) is 0 Å². The molecular weight excluding hydrogens is 494 g/mol. The molecule has 0 radical (unpaired) electrons. The van der Waals surface area contributed by atoms with Crippen LogP contribution in [0.15, 0.2) is 66.9 Å². The van der Waals surface area contributed by atoms with Gasteiger partial charge in [-0.1, -0.05) is 48.5 Å². The molecule has 39 heavy (non-hydrogen) atoms. The minimum Gasteiger partial charge on any atom is -0.496 e. The number of carboxylic acid groups (broad SMARTS) is 1. The van der Waals surface area contributed by atoms with Gasteiger partial charge in [0.2, 0.25) is 11.8 Å². The van der Waals surface area contributed by atoms with Crippen LogP contribution in [0.25, 0.3) is 21.7 Å². The van der Waals surface area contributed by atoms with Gasteiger partial charge in [-0.25, -0.2) is 0 Å². The molecule has 2 saturated heterocycles. The molecule has 8 nitrogen and oxygen atoms in total. The number of aliphatic carboxylic acids is 1. The number of para-hydroxylation sites is 1. The Bertz CT molecular complexity index is 1650. The number of hydrogen-bond donors (Lipinski definition) is 3. The summed E-state index contributed by atoms with van der Waals surface area (Å²) in [5.41, 5.74) is -0.0795. The molecule has 2 aliphatic heterocycles. The highest BCUT2D eigenvalue weighted by molar-refractivity contribution is 6.10. The highest BCUT2D eigenvalue weighted by Gasteiger charge is 2.69. The molecular formula is C31H31N3O5. The van der Waals surface area contributed by atoms with Crippen LogP contribution in [0.1, 0.15) is 37.9 Å². The summed E-state index contributed by atoms with van der Waals surface area (Å²) in [6, 6.07) is 18.3. The summed E-state index contributed by atoms with van der Waals surface area (Å²) in [5.74, 6) is -3.24. The van der Waals surface area contributed by atoms with Crippen LogP contribution in [0.2, 0.25) is 0 Å². The maximum absolute atomic E-state index is 14.1. The topological polar surface area (TPSA) is 112 Å². The van der Waals surface area contributed by atoms with E-state index < -0.39 is 40.8 Å². The molecule has 200 valence electrons. The normalized spacial score (nSPS) is 25.0. The number of hydrogen-bond acceptors (Lipinski definition) is 5. The van der Waals surface area contributed by atoms with Gasteiger partial charge in [0.1, 0.15) is 11.3 Å². The first-order valence-corrected chi connectivity index (χ1v) is 13.1. The smallest absolute Gasteiger partial charge is 0.325 e. The molecule has 3 N–H and O–H groups in total. The first-order valence-electron chi connectivity index (χ1n) is 13.1. The van der Waals surface area contributed by atoms with E-state index in [-0.39, 0.29) is 12.3 Å². The standard InChI is InChI=1S/C31H31N3O5/c1-30(2,3)34-27(35)24-25(28(34)36)31(29(37)38,15-17-16-32-22-12-8-7-9-18(17)22)33-26(24)21-13-14-23(39-4)20-11-6-5-10-19(20)21/h5-14,16,24-26,32-33H,15H2,1-4H3,(H,37,38). The largest absolute Gasteiger partial charge is 0.496 e. The molecule has 2 amide bonds. The van der Waals surface area contributed by atoms with Crippen LogP contribution in [0.4, 0.5) is 0 Å². The molecule has 4 unspecified atom stereocenters. The van der Waals surface area contributed by atoms with E-state index in [1.807, 2.05) is 60.7 Å². The molecule has 6 rings (SSSR count). The Morgan fingerprint density at radius 1 is 0.974 bits per heavy atom. The zero-order valence-corrected chi connectivity index (χ0v) is 22.3. The zero-order valence-electron chi connectivity index (χ0n) is 22.3. The van der Waals surface area contributed by atoms with Gasteiger partial charge in [0.25, 0.3) is 0 Å². The van der Waals surface area contributed by atoms with E-state index in [0.717, 1.165) is 32.8 Å². The second kappa shape index (κ2) is 8.68. The number of aromatic nitrogens is 1. The van der Waals surface area contributed by atoms with E-state index in [2.05, 4.69) is 10.3 Å². The van der Waals surface area contributed by atoms with E-state index in [4.69, 9.17) is 4.74 Å². The highest BCUT2D eigenvalue weighted by atomic mass is 16.5. The van der Waals surface area contributed by atoms with Crippen molar-refractivity contribution >= 4 is 39.5 Å². The van der Waals surface area contributed by atoms with Gasteiger partial charge in [-0.15, -0.1) is 0 Å². The van der Waals surface area contributed by atoms with E-state index in [9.17, 15) is 19.5 Å². The molecule has 2 aliphatic rings. The Morgan fingerprint density at radius 3 is 2.31 bits per heavy atom. The summed E-state index contributed by atoms with van der Waals surface area (Å²) in [4.78, 5) is 45.9. The number of methoxy groups -OCH3 is 1. The van der Waals surface area contributed by atoms with E-state index in [0.29, 0.717) is 5.75 Å². The zero-order chi connectivity index (χ0) is 27.7. The van der Waals surface area contributed by atoms with Gasteiger partial charge in [0.05, 0.1) is 18.9 Å². The van der Waals surface area contributed by atoms with Crippen molar-refractivity contribution in [2.45, 2.75) is 44.3 Å². The number of benzene rings is 3. The van der Waals surface area contributed by atoms with Crippen LogP contribution < -0.4 is 10.1 Å². The van der Waals surface area contributed by atoms with Gasteiger partial charge >= 0.3 is 5.97 Å². The van der Waals surface area contributed by atoms with Crippen molar-refractivity contribution in [1.29, 1.82) is 0 Å². The molecule has 4 atom stereocenters. The third-order valence-electron chi connectivity index (χ3n) is 8.32. The number of nitrogens with one attached hydrogen (secondary N) is 2. The number of ether oxygens (including phenoxy) is 1. The van der Waals surface area contributed by atoms with Crippen LogP contribution in [0.5, 0.6) is 5.75 Å². The summed E-state index contributed by atoms with van der Waals surface area (Å²) in [5, 5.41) is 16.8. The average Bonchev–Trinajstić information content (AvgIpc) is 3.55. The number of amides is 2. The van der Waals surface area contributed by atoms with Crippen LogP contribution in [-0.4, -0.2) is 51.0 Å². The predicted molar refractivity (Wildman–Crippen MR) is 147 cm³/mol. The van der Waals surface area contributed by atoms with Gasteiger partial charge in [-0.3, -0.25) is 24.6 Å². The Kier molecular flexibility index (Phi) is 5.59. The molecule has 3 aromatic carbocycles. The summed E-state index contributed by atoms with van der Waals surface area (Å²) >= 11 is 0. The van der Waals surface area contributed by atoms with E-state index in [1.165, 1.54) is 4.90 Å². The maximum atomic E-state index is 14.1. The fourth-order valence-electron chi connectivity index (χ4n) is 6.69. The summed E-state index contributed by atoms with van der Waals surface area (Å²) < 4.78 is 5.57. The quantitative estimate of drug-likeness (QED) is 0.332. The van der Waals surface area contributed by atoms with Gasteiger partial charge in [-0.2, -0.15) is 0 Å². The average molecular weight is 526 g/mol. The number of carboxylic acids is 1. The Labute approximate surface area is 225 Å². The number of carbonyl (C=O) groups is 3. The van der Waals surface area contributed by atoms with Crippen LogP contribution >= 0.6 is 0 Å².